The number of nitrogens with two attached hydrogens (primary N) is 1. The number of aromatic amines is 2. The van der Waals surface area contributed by atoms with E-state index >= 15 is 0 Å². The van der Waals surface area contributed by atoms with Gasteiger partial charge in [-0.1, -0.05) is 19.3 Å². The third kappa shape index (κ3) is 3.67. The van der Waals surface area contributed by atoms with Crippen LogP contribution < -0.4 is 16.2 Å². The fourth-order valence-corrected chi connectivity index (χ4v) is 4.10. The van der Waals surface area contributed by atoms with Crippen molar-refractivity contribution < 1.29 is 4.79 Å². The van der Waals surface area contributed by atoms with Gasteiger partial charge in [0.05, 0.1) is 17.5 Å². The van der Waals surface area contributed by atoms with Gasteiger partial charge < -0.3 is 15.5 Å². The van der Waals surface area contributed by atoms with Gasteiger partial charge in [0, 0.05) is 38.2 Å². The lowest BCUT2D eigenvalue weighted by Gasteiger charge is -2.35. The van der Waals surface area contributed by atoms with E-state index in [0.29, 0.717) is 43.5 Å². The first kappa shape index (κ1) is 17.6. The minimum absolute atomic E-state index is 0.0300. The Kier molecular flexibility index (Phi) is 4.83. The molecule has 0 bridgehead atoms. The normalized spacial score (nSPS) is 18.7. The number of aromatic nitrogens is 4. The number of hydrogen-bond donors (Lipinski definition) is 3. The summed E-state index contributed by atoms with van der Waals surface area (Å²) in [6, 6.07) is 1.44. The molecular weight excluding hydrogens is 346 g/mol. The average molecular weight is 371 g/mol. The average Bonchev–Trinajstić information content (AvgIpc) is 3.17. The minimum atomic E-state index is -0.272. The molecule has 0 spiro atoms. The second-order valence-electron chi connectivity index (χ2n) is 7.30. The van der Waals surface area contributed by atoms with Gasteiger partial charge in [0.15, 0.2) is 0 Å². The molecule has 2 fully saturated rings. The molecular formula is C18H25N7O2. The van der Waals surface area contributed by atoms with Crippen LogP contribution in [0.4, 0.5) is 11.8 Å². The van der Waals surface area contributed by atoms with E-state index in [1.807, 2.05) is 9.80 Å². The molecule has 0 atom stereocenters. The number of hydrogen-bond acceptors (Lipinski definition) is 6. The monoisotopic (exact) mass is 371 g/mol. The number of amides is 1. The van der Waals surface area contributed by atoms with E-state index in [4.69, 9.17) is 5.73 Å². The standard InChI is InChI=1S/C18H25N7O2/c19-18-21-14(10-15(26)22-18)24-6-8-25(9-7-24)17(27)13-11-20-23-16(13)12-4-2-1-3-5-12/h10-12H,1-9H2,(H,20,23)(H3,19,21,22,26). The zero-order chi connectivity index (χ0) is 18.8. The number of rotatable bonds is 3. The first-order valence-electron chi connectivity index (χ1n) is 9.56. The van der Waals surface area contributed by atoms with Crippen LogP contribution in [-0.4, -0.2) is 57.2 Å². The molecule has 1 saturated carbocycles. The summed E-state index contributed by atoms with van der Waals surface area (Å²) in [6.07, 6.45) is 7.59. The number of nitrogen functional groups attached to an aromatic ring is 1. The van der Waals surface area contributed by atoms with Gasteiger partial charge in [-0.05, 0) is 12.8 Å². The third-order valence-corrected chi connectivity index (χ3v) is 5.55. The second kappa shape index (κ2) is 7.42. The largest absolute Gasteiger partial charge is 0.369 e. The quantitative estimate of drug-likeness (QED) is 0.742. The molecule has 0 radical (unpaired) electrons. The van der Waals surface area contributed by atoms with Crippen LogP contribution in [0.3, 0.4) is 0 Å². The third-order valence-electron chi connectivity index (χ3n) is 5.55. The fourth-order valence-electron chi connectivity index (χ4n) is 4.10. The van der Waals surface area contributed by atoms with E-state index < -0.39 is 0 Å². The van der Waals surface area contributed by atoms with Crippen molar-refractivity contribution in [1.82, 2.24) is 25.1 Å². The Hall–Kier alpha value is -2.84. The van der Waals surface area contributed by atoms with Crippen LogP contribution in [0.25, 0.3) is 0 Å². The van der Waals surface area contributed by atoms with Crippen molar-refractivity contribution in [2.24, 2.45) is 0 Å². The number of anilines is 2. The van der Waals surface area contributed by atoms with Crippen molar-refractivity contribution in [3.05, 3.63) is 33.9 Å². The van der Waals surface area contributed by atoms with Crippen LogP contribution in [0, 0.1) is 0 Å². The van der Waals surface area contributed by atoms with Gasteiger partial charge in [-0.3, -0.25) is 19.7 Å². The lowest BCUT2D eigenvalue weighted by Crippen LogP contribution is -2.49. The first-order chi connectivity index (χ1) is 13.1. The maximum Gasteiger partial charge on any atom is 0.257 e. The fraction of sp³-hybridized carbons (Fsp3) is 0.556. The molecule has 2 aromatic heterocycles. The SMILES string of the molecule is Nc1nc(N2CCN(C(=O)c3cn[nH]c3C3CCCCC3)CC2)cc(=O)[nH]1. The highest BCUT2D eigenvalue weighted by molar-refractivity contribution is 5.95. The van der Waals surface area contributed by atoms with E-state index in [1.54, 1.807) is 6.20 Å². The zero-order valence-corrected chi connectivity index (χ0v) is 15.3. The number of nitrogens with zero attached hydrogens (tertiary/aromatic N) is 4. The van der Waals surface area contributed by atoms with Crippen molar-refractivity contribution in [2.75, 3.05) is 36.8 Å². The highest BCUT2D eigenvalue weighted by Gasteiger charge is 2.28. The van der Waals surface area contributed by atoms with Crippen molar-refractivity contribution in [3.8, 4) is 0 Å². The maximum atomic E-state index is 13.0. The first-order valence-corrected chi connectivity index (χ1v) is 9.56. The predicted molar refractivity (Wildman–Crippen MR) is 102 cm³/mol. The molecule has 4 N–H and O–H groups in total. The van der Waals surface area contributed by atoms with Crippen molar-refractivity contribution in [3.63, 3.8) is 0 Å². The summed E-state index contributed by atoms with van der Waals surface area (Å²) in [5, 5.41) is 7.22. The van der Waals surface area contributed by atoms with Crippen LogP contribution >= 0.6 is 0 Å². The van der Waals surface area contributed by atoms with Crippen LogP contribution in [0.15, 0.2) is 17.1 Å². The summed E-state index contributed by atoms with van der Waals surface area (Å²) in [4.78, 5) is 35.1. The van der Waals surface area contributed by atoms with E-state index in [0.717, 1.165) is 18.5 Å². The Morgan fingerprint density at radius 2 is 1.89 bits per heavy atom. The zero-order valence-electron chi connectivity index (χ0n) is 15.3. The van der Waals surface area contributed by atoms with Gasteiger partial charge in [-0.2, -0.15) is 10.1 Å². The topological polar surface area (TPSA) is 124 Å². The summed E-state index contributed by atoms with van der Waals surface area (Å²) in [7, 11) is 0. The van der Waals surface area contributed by atoms with Crippen molar-refractivity contribution in [1.29, 1.82) is 0 Å². The van der Waals surface area contributed by atoms with Crippen molar-refractivity contribution in [2.45, 2.75) is 38.0 Å². The van der Waals surface area contributed by atoms with E-state index in [1.165, 1.54) is 25.3 Å². The molecule has 9 heteroatoms. The van der Waals surface area contributed by atoms with Crippen LogP contribution in [0.5, 0.6) is 0 Å². The molecule has 4 rings (SSSR count). The smallest absolute Gasteiger partial charge is 0.257 e. The van der Waals surface area contributed by atoms with E-state index in [-0.39, 0.29) is 17.4 Å². The van der Waals surface area contributed by atoms with E-state index in [2.05, 4.69) is 20.2 Å². The molecule has 2 aromatic rings. The van der Waals surface area contributed by atoms with Gasteiger partial charge in [-0.15, -0.1) is 0 Å². The Morgan fingerprint density at radius 1 is 1.15 bits per heavy atom. The molecule has 0 unspecified atom stereocenters. The van der Waals surface area contributed by atoms with Gasteiger partial charge in [0.2, 0.25) is 5.95 Å². The van der Waals surface area contributed by atoms with Gasteiger partial charge in [0.25, 0.3) is 11.5 Å². The molecule has 27 heavy (non-hydrogen) atoms. The summed E-state index contributed by atoms with van der Waals surface area (Å²) >= 11 is 0. The molecule has 144 valence electrons. The number of nitrogens with one attached hydrogen (secondary N) is 2. The Labute approximate surface area is 157 Å². The number of carbonyl (C=O) groups is 1. The van der Waals surface area contributed by atoms with E-state index in [9.17, 15) is 9.59 Å². The Bertz CT molecular complexity index is 861. The van der Waals surface area contributed by atoms with Crippen LogP contribution in [0.2, 0.25) is 0 Å². The van der Waals surface area contributed by atoms with Gasteiger partial charge in [0.1, 0.15) is 5.82 Å². The lowest BCUT2D eigenvalue weighted by molar-refractivity contribution is 0.0744. The summed E-state index contributed by atoms with van der Waals surface area (Å²) in [5.41, 5.74) is 7.05. The number of piperazine rings is 1. The molecule has 0 aromatic carbocycles. The Balaban J connectivity index is 1.43. The number of carbonyl (C=O) groups excluding carboxylic acids is 1. The molecule has 9 nitrogen and oxygen atoms in total. The molecule has 1 aliphatic heterocycles. The van der Waals surface area contributed by atoms with Gasteiger partial charge in [-0.25, -0.2) is 0 Å². The summed E-state index contributed by atoms with van der Waals surface area (Å²) in [5.74, 6) is 1.09. The molecule has 2 aliphatic rings. The number of H-pyrrole nitrogens is 2. The maximum absolute atomic E-state index is 13.0. The highest BCUT2D eigenvalue weighted by Crippen LogP contribution is 2.33. The molecule has 1 amide bonds. The predicted octanol–water partition coefficient (Wildman–Crippen LogP) is 1.09. The van der Waals surface area contributed by atoms with Crippen LogP contribution in [0.1, 0.15) is 54.1 Å². The van der Waals surface area contributed by atoms with Gasteiger partial charge >= 0.3 is 0 Å². The van der Waals surface area contributed by atoms with Crippen molar-refractivity contribution >= 4 is 17.7 Å². The Morgan fingerprint density at radius 3 is 2.59 bits per heavy atom. The second-order valence-corrected chi connectivity index (χ2v) is 7.30. The summed E-state index contributed by atoms with van der Waals surface area (Å²) in [6.45, 7) is 2.36. The molecule has 1 saturated heterocycles. The lowest BCUT2D eigenvalue weighted by atomic mass is 9.85. The summed E-state index contributed by atoms with van der Waals surface area (Å²) < 4.78 is 0. The highest BCUT2D eigenvalue weighted by atomic mass is 16.2. The van der Waals surface area contributed by atoms with Crippen LogP contribution in [-0.2, 0) is 0 Å². The minimum Gasteiger partial charge on any atom is -0.369 e. The molecule has 3 heterocycles. The molecule has 1 aliphatic carbocycles.